The molecule has 0 amide bonds. The van der Waals surface area contributed by atoms with Crippen molar-refractivity contribution in [1.29, 1.82) is 0 Å². The summed E-state index contributed by atoms with van der Waals surface area (Å²) in [6.07, 6.45) is -0.306. The SMILES string of the molecule is CC(C)(C)c1cc(CP(=O)(O)O)cc(C(C)(C)C)c1O.CCO.CCO. The Morgan fingerprint density at radius 2 is 1.12 bits per heavy atom. The number of hydrogen-bond donors (Lipinski definition) is 5. The van der Waals surface area contributed by atoms with E-state index in [4.69, 9.17) is 10.2 Å². The first kappa shape index (κ1) is 27.3. The van der Waals surface area contributed by atoms with Crippen LogP contribution >= 0.6 is 7.60 Å². The second-order valence-electron chi connectivity index (χ2n) is 7.99. The van der Waals surface area contributed by atoms with Crippen LogP contribution in [0.4, 0.5) is 0 Å². The Kier molecular flexibility index (Phi) is 11.6. The van der Waals surface area contributed by atoms with Gasteiger partial charge in [-0.05, 0) is 41.4 Å². The molecule has 7 heteroatoms. The van der Waals surface area contributed by atoms with Gasteiger partial charge in [0.1, 0.15) is 5.75 Å². The molecule has 0 aliphatic rings. The Labute approximate surface area is 158 Å². The van der Waals surface area contributed by atoms with Gasteiger partial charge in [0, 0.05) is 13.2 Å². The van der Waals surface area contributed by atoms with E-state index in [0.717, 1.165) is 0 Å². The molecule has 0 saturated carbocycles. The average Bonchev–Trinajstić information content (AvgIpc) is 2.38. The molecule has 5 N–H and O–H groups in total. The number of rotatable bonds is 2. The van der Waals surface area contributed by atoms with Crippen LogP contribution in [0.2, 0.25) is 0 Å². The van der Waals surface area contributed by atoms with Crippen molar-refractivity contribution in [3.8, 4) is 5.75 Å². The van der Waals surface area contributed by atoms with E-state index in [9.17, 15) is 19.5 Å². The summed E-state index contributed by atoms with van der Waals surface area (Å²) in [7, 11) is -4.13. The van der Waals surface area contributed by atoms with Gasteiger partial charge >= 0.3 is 7.60 Å². The van der Waals surface area contributed by atoms with Crippen LogP contribution in [0.5, 0.6) is 5.75 Å². The number of hydrogen-bond acceptors (Lipinski definition) is 4. The van der Waals surface area contributed by atoms with E-state index < -0.39 is 7.60 Å². The smallest absolute Gasteiger partial charge is 0.329 e. The Morgan fingerprint density at radius 1 is 0.846 bits per heavy atom. The Balaban J connectivity index is 0. The summed E-state index contributed by atoms with van der Waals surface area (Å²) in [6.45, 7) is 15.7. The van der Waals surface area contributed by atoms with Gasteiger partial charge < -0.3 is 25.1 Å². The molecule has 154 valence electrons. The maximum absolute atomic E-state index is 11.2. The minimum absolute atomic E-state index is 0.222. The van der Waals surface area contributed by atoms with E-state index in [0.29, 0.717) is 16.7 Å². The van der Waals surface area contributed by atoms with E-state index in [1.807, 2.05) is 41.5 Å². The molecule has 1 rings (SSSR count). The quantitative estimate of drug-likeness (QED) is 0.490. The lowest BCUT2D eigenvalue weighted by Crippen LogP contribution is -2.18. The van der Waals surface area contributed by atoms with Gasteiger partial charge in [0.2, 0.25) is 0 Å². The van der Waals surface area contributed by atoms with E-state index in [2.05, 4.69) is 0 Å². The lowest BCUT2D eigenvalue weighted by atomic mass is 9.78. The second kappa shape index (κ2) is 11.1. The van der Waals surface area contributed by atoms with Gasteiger partial charge in [0.05, 0.1) is 6.16 Å². The third-order valence-corrected chi connectivity index (χ3v) is 3.95. The van der Waals surface area contributed by atoms with Crippen LogP contribution < -0.4 is 0 Å². The third-order valence-electron chi connectivity index (χ3n) is 3.17. The van der Waals surface area contributed by atoms with Crippen LogP contribution in [-0.2, 0) is 21.6 Å². The van der Waals surface area contributed by atoms with Crippen molar-refractivity contribution in [3.05, 3.63) is 28.8 Å². The number of phenols is 1. The van der Waals surface area contributed by atoms with Crippen molar-refractivity contribution in [2.75, 3.05) is 13.2 Å². The fourth-order valence-corrected chi connectivity index (χ4v) is 2.83. The monoisotopic (exact) mass is 392 g/mol. The summed E-state index contributed by atoms with van der Waals surface area (Å²) in [4.78, 5) is 18.4. The van der Waals surface area contributed by atoms with E-state index in [-0.39, 0.29) is 36.0 Å². The molecule has 0 unspecified atom stereocenters. The van der Waals surface area contributed by atoms with Crippen molar-refractivity contribution >= 4 is 7.60 Å². The molecule has 1 aromatic carbocycles. The molecule has 0 aliphatic heterocycles. The highest BCUT2D eigenvalue weighted by Crippen LogP contribution is 2.44. The lowest BCUT2D eigenvalue weighted by molar-refractivity contribution is 0.318. The fourth-order valence-electron chi connectivity index (χ4n) is 2.17. The van der Waals surface area contributed by atoms with Crippen molar-refractivity contribution in [3.63, 3.8) is 0 Å². The standard InChI is InChI=1S/C15H25O4P.2C2H6O/c1-14(2,3)11-7-10(9-20(17,18)19)8-12(13(11)16)15(4,5)6;2*1-2-3/h7-8,16H,9H2,1-6H3,(H2,17,18,19);2*3H,2H2,1H3. The summed E-state index contributed by atoms with van der Waals surface area (Å²) >= 11 is 0. The average molecular weight is 392 g/mol. The number of aliphatic hydroxyl groups is 2. The second-order valence-corrected chi connectivity index (χ2v) is 9.64. The van der Waals surface area contributed by atoms with Crippen LogP contribution in [0.3, 0.4) is 0 Å². The van der Waals surface area contributed by atoms with Crippen molar-refractivity contribution < 1.29 is 29.7 Å². The molecule has 0 aromatic heterocycles. The zero-order valence-electron chi connectivity index (χ0n) is 17.4. The predicted molar refractivity (Wildman–Crippen MR) is 107 cm³/mol. The zero-order valence-corrected chi connectivity index (χ0v) is 18.3. The molecule has 1 aromatic rings. The van der Waals surface area contributed by atoms with Crippen LogP contribution in [0, 0.1) is 0 Å². The van der Waals surface area contributed by atoms with E-state index >= 15 is 0 Å². The summed E-state index contributed by atoms with van der Waals surface area (Å²) in [5, 5.41) is 25.6. The number of phenolic OH excluding ortho intramolecular Hbond substituents is 1. The van der Waals surface area contributed by atoms with Gasteiger partial charge in [0.25, 0.3) is 0 Å². The molecular weight excluding hydrogens is 355 g/mol. The lowest BCUT2D eigenvalue weighted by Gasteiger charge is -2.28. The minimum Gasteiger partial charge on any atom is -0.507 e. The summed E-state index contributed by atoms with van der Waals surface area (Å²) in [5.74, 6) is 0.222. The summed E-state index contributed by atoms with van der Waals surface area (Å²) < 4.78 is 11.2. The first-order valence-electron chi connectivity index (χ1n) is 8.68. The molecule has 26 heavy (non-hydrogen) atoms. The van der Waals surface area contributed by atoms with Gasteiger partial charge in [0.15, 0.2) is 0 Å². The van der Waals surface area contributed by atoms with E-state index in [1.54, 1.807) is 26.0 Å². The van der Waals surface area contributed by atoms with Crippen LogP contribution in [0.1, 0.15) is 72.1 Å². The van der Waals surface area contributed by atoms with Gasteiger partial charge in [-0.25, -0.2) is 0 Å². The maximum Gasteiger partial charge on any atom is 0.329 e. The Hall–Kier alpha value is -0.910. The highest BCUT2D eigenvalue weighted by atomic mass is 31.2. The molecule has 0 aliphatic carbocycles. The molecule has 0 saturated heterocycles. The number of benzene rings is 1. The maximum atomic E-state index is 11.2. The molecule has 0 atom stereocenters. The van der Waals surface area contributed by atoms with Crippen molar-refractivity contribution in [2.24, 2.45) is 0 Å². The largest absolute Gasteiger partial charge is 0.507 e. The van der Waals surface area contributed by atoms with Crippen LogP contribution in [0.15, 0.2) is 12.1 Å². The van der Waals surface area contributed by atoms with Crippen molar-refractivity contribution in [1.82, 2.24) is 0 Å². The molecule has 0 heterocycles. The van der Waals surface area contributed by atoms with Gasteiger partial charge in [-0.15, -0.1) is 0 Å². The van der Waals surface area contributed by atoms with Gasteiger partial charge in [-0.1, -0.05) is 53.7 Å². The minimum atomic E-state index is -4.13. The third kappa shape index (κ3) is 10.9. The van der Waals surface area contributed by atoms with Gasteiger partial charge in [-0.3, -0.25) is 4.57 Å². The first-order valence-corrected chi connectivity index (χ1v) is 10.5. The predicted octanol–water partition coefficient (Wildman–Crippen LogP) is 3.66. The molecule has 0 bridgehead atoms. The van der Waals surface area contributed by atoms with Crippen molar-refractivity contribution in [2.45, 2.75) is 72.4 Å². The van der Waals surface area contributed by atoms with Gasteiger partial charge in [-0.2, -0.15) is 0 Å². The Bertz CT molecular complexity index is 542. The highest BCUT2D eigenvalue weighted by Gasteiger charge is 2.27. The summed E-state index contributed by atoms with van der Waals surface area (Å²) in [5.41, 5.74) is 1.40. The topological polar surface area (TPSA) is 118 Å². The van der Waals surface area contributed by atoms with Crippen LogP contribution in [-0.4, -0.2) is 38.3 Å². The number of aromatic hydroxyl groups is 1. The molecule has 0 radical (unpaired) electrons. The highest BCUT2D eigenvalue weighted by molar-refractivity contribution is 7.50. The normalized spacial score (nSPS) is 11.8. The molecular formula is C19H37O6P. The molecule has 0 fully saturated rings. The molecule has 6 nitrogen and oxygen atoms in total. The van der Waals surface area contributed by atoms with Crippen LogP contribution in [0.25, 0.3) is 0 Å². The summed E-state index contributed by atoms with van der Waals surface area (Å²) in [6, 6.07) is 3.40. The fraction of sp³-hybridized carbons (Fsp3) is 0.684. The number of aliphatic hydroxyl groups excluding tert-OH is 2. The first-order chi connectivity index (χ1) is 11.5. The Morgan fingerprint density at radius 3 is 1.31 bits per heavy atom. The molecule has 0 spiro atoms. The zero-order chi connectivity index (χ0) is 21.3. The van der Waals surface area contributed by atoms with E-state index in [1.165, 1.54) is 0 Å².